The van der Waals surface area contributed by atoms with Crippen LogP contribution in [0, 0.1) is 6.92 Å². The van der Waals surface area contributed by atoms with Gasteiger partial charge in [-0.15, -0.1) is 0 Å². The Morgan fingerprint density at radius 1 is 1.02 bits per heavy atom. The summed E-state index contributed by atoms with van der Waals surface area (Å²) in [5.74, 6) is -1.15. The number of carbonyl (C=O) groups excluding carboxylic acids is 2. The third kappa shape index (κ3) is 8.21. The number of halogens is 3. The van der Waals surface area contributed by atoms with Crippen molar-refractivity contribution in [3.8, 4) is 5.75 Å². The highest BCUT2D eigenvalue weighted by atomic mass is 32.2. The average Bonchev–Trinajstić information content (AvgIpc) is 2.91. The predicted octanol–water partition coefficient (Wildman–Crippen LogP) is 4.61. The van der Waals surface area contributed by atoms with E-state index in [0.29, 0.717) is 17.8 Å². The lowest BCUT2D eigenvalue weighted by Crippen LogP contribution is -2.46. The van der Waals surface area contributed by atoms with E-state index in [-0.39, 0.29) is 17.1 Å². The maximum atomic E-state index is 13.8. The summed E-state index contributed by atoms with van der Waals surface area (Å²) in [4.78, 5) is 28.3. The first-order chi connectivity index (χ1) is 20.7. The Bertz CT molecular complexity index is 1840. The fourth-order valence-corrected chi connectivity index (χ4v) is 6.78. The zero-order valence-electron chi connectivity index (χ0n) is 24.4. The van der Waals surface area contributed by atoms with E-state index < -0.39 is 78.4 Å². The highest BCUT2D eigenvalue weighted by Gasteiger charge is 2.38. The van der Waals surface area contributed by atoms with Gasteiger partial charge < -0.3 is 9.47 Å². The highest BCUT2D eigenvalue weighted by molar-refractivity contribution is 7.92. The molecule has 0 fully saturated rings. The fourth-order valence-electron chi connectivity index (χ4n) is 4.22. The quantitative estimate of drug-likeness (QED) is 0.366. The molecule has 0 unspecified atom stereocenters. The van der Waals surface area contributed by atoms with E-state index in [1.807, 2.05) is 4.72 Å². The molecule has 17 heteroatoms. The summed E-state index contributed by atoms with van der Waals surface area (Å²) in [5.41, 5.74) is -1.76. The molecular weight excluding hydrogens is 641 g/mol. The number of anilines is 2. The summed E-state index contributed by atoms with van der Waals surface area (Å²) in [6.07, 6.45) is -7.62. The second kappa shape index (κ2) is 12.2. The van der Waals surface area contributed by atoms with Crippen molar-refractivity contribution in [2.24, 2.45) is 0 Å². The molecule has 4 rings (SSSR count). The summed E-state index contributed by atoms with van der Waals surface area (Å²) in [6, 6.07) is 11.1. The number of carbonyl (C=O) groups is 2. The Hall–Kier alpha value is -4.38. The van der Waals surface area contributed by atoms with Gasteiger partial charge in [0.2, 0.25) is 5.91 Å². The van der Waals surface area contributed by atoms with Crippen molar-refractivity contribution in [2.45, 2.75) is 61.9 Å². The number of aryl methyl sites for hydroxylation is 1. The molecule has 0 bridgehead atoms. The molecule has 0 spiro atoms. The number of rotatable bonds is 7. The Balaban J connectivity index is 1.68. The van der Waals surface area contributed by atoms with Gasteiger partial charge in [-0.2, -0.15) is 21.6 Å². The normalized spacial score (nSPS) is 15.4. The van der Waals surface area contributed by atoms with Gasteiger partial charge in [-0.25, -0.2) is 22.9 Å². The van der Waals surface area contributed by atoms with Crippen molar-refractivity contribution in [1.29, 1.82) is 0 Å². The van der Waals surface area contributed by atoms with Crippen LogP contribution in [0.25, 0.3) is 0 Å². The second-order valence-electron chi connectivity index (χ2n) is 11.0. The number of ether oxygens (including phenoxy) is 2. The third-order valence-corrected chi connectivity index (χ3v) is 9.13. The number of hydrogen-bond acceptors (Lipinski definition) is 9. The molecule has 0 radical (unpaired) electrons. The van der Waals surface area contributed by atoms with Crippen LogP contribution < -0.4 is 19.1 Å². The number of nitrogens with zero attached hydrogens (tertiary/aromatic N) is 2. The van der Waals surface area contributed by atoms with Gasteiger partial charge in [-0.3, -0.25) is 14.4 Å². The molecule has 1 aliphatic rings. The first-order valence-corrected chi connectivity index (χ1v) is 16.2. The number of amides is 2. The molecule has 0 saturated heterocycles. The largest absolute Gasteiger partial charge is 0.486 e. The van der Waals surface area contributed by atoms with Crippen molar-refractivity contribution >= 4 is 43.4 Å². The van der Waals surface area contributed by atoms with Gasteiger partial charge >= 0.3 is 12.3 Å². The lowest BCUT2D eigenvalue weighted by atomic mass is 10.1. The van der Waals surface area contributed by atoms with Gasteiger partial charge in [0.05, 0.1) is 29.1 Å². The van der Waals surface area contributed by atoms with Gasteiger partial charge in [0.15, 0.2) is 5.03 Å². The first-order valence-electron chi connectivity index (χ1n) is 13.2. The maximum Gasteiger partial charge on any atom is 0.416 e. The minimum atomic E-state index is -4.84. The van der Waals surface area contributed by atoms with Crippen LogP contribution in [0.2, 0.25) is 0 Å². The number of sulfonamides is 2. The molecule has 0 saturated carbocycles. The van der Waals surface area contributed by atoms with Crippen molar-refractivity contribution < 1.29 is 49.1 Å². The Morgan fingerprint density at radius 2 is 1.71 bits per heavy atom. The molecule has 0 aliphatic carbocycles. The number of aromatic nitrogens is 1. The van der Waals surface area contributed by atoms with Crippen LogP contribution in [0.1, 0.15) is 38.4 Å². The van der Waals surface area contributed by atoms with E-state index in [4.69, 9.17) is 9.47 Å². The van der Waals surface area contributed by atoms with Crippen molar-refractivity contribution in [2.75, 3.05) is 16.2 Å². The minimum absolute atomic E-state index is 0.0729. The molecule has 1 atom stereocenters. The number of benzene rings is 2. The first kappa shape index (κ1) is 33.5. The summed E-state index contributed by atoms with van der Waals surface area (Å²) in [5, 5.41) is 2.04. The molecule has 12 nitrogen and oxygen atoms in total. The lowest BCUT2D eigenvalue weighted by Gasteiger charge is -2.35. The molecule has 2 N–H and O–H groups in total. The minimum Gasteiger partial charge on any atom is -0.486 e. The molecule has 1 aliphatic heterocycles. The predicted molar refractivity (Wildman–Crippen MR) is 156 cm³/mol. The Labute approximate surface area is 257 Å². The van der Waals surface area contributed by atoms with E-state index in [9.17, 15) is 39.6 Å². The zero-order chi connectivity index (χ0) is 33.4. The van der Waals surface area contributed by atoms with E-state index >= 15 is 0 Å². The van der Waals surface area contributed by atoms with E-state index in [1.54, 1.807) is 33.8 Å². The third-order valence-electron chi connectivity index (χ3n) is 6.08. The SMILES string of the molecule is Cc1cccc(S(=O)(=O)NC(=O)C[C@H]2CN(S(=O)(=O)c3cccc(C(F)(F)F)c3)c3cc(NC(=O)OC(C)(C)C)ccc3O2)n1. The fraction of sp³-hybridized carbons (Fsp3) is 0.321. The Kier molecular flexibility index (Phi) is 9.08. The van der Waals surface area contributed by atoms with Gasteiger partial charge in [0.25, 0.3) is 20.0 Å². The number of pyridine rings is 1. The average molecular weight is 671 g/mol. The van der Waals surface area contributed by atoms with Crippen LogP contribution in [-0.4, -0.2) is 52.1 Å². The zero-order valence-corrected chi connectivity index (χ0v) is 26.0. The van der Waals surface area contributed by atoms with Crippen LogP contribution >= 0.6 is 0 Å². The topological polar surface area (TPSA) is 161 Å². The molecule has 2 amide bonds. The number of nitrogens with one attached hydrogen (secondary N) is 2. The summed E-state index contributed by atoms with van der Waals surface area (Å²) in [6.45, 7) is 5.86. The number of alkyl halides is 3. The summed E-state index contributed by atoms with van der Waals surface area (Å²) in [7, 11) is -9.12. The summed E-state index contributed by atoms with van der Waals surface area (Å²) < 4.78 is 107. The van der Waals surface area contributed by atoms with Crippen LogP contribution in [-0.2, 0) is 35.8 Å². The van der Waals surface area contributed by atoms with Crippen molar-refractivity contribution in [3.05, 3.63) is 71.9 Å². The Morgan fingerprint density at radius 3 is 2.36 bits per heavy atom. The number of hydrogen-bond donors (Lipinski definition) is 2. The van der Waals surface area contributed by atoms with Crippen LogP contribution in [0.15, 0.2) is 70.6 Å². The lowest BCUT2D eigenvalue weighted by molar-refractivity contribution is -0.137. The van der Waals surface area contributed by atoms with Crippen LogP contribution in [0.3, 0.4) is 0 Å². The highest BCUT2D eigenvalue weighted by Crippen LogP contribution is 2.40. The monoisotopic (exact) mass is 670 g/mol. The molecule has 2 heterocycles. The standard InChI is InChI=1S/C28H29F3N4O8S2/c1-17-7-5-10-25(32-17)44(38,39)34-24(36)15-20-16-35(45(40,41)21-9-6-8-18(13-21)28(29,30)31)22-14-19(11-12-23(22)42-20)33-26(37)43-27(2,3)4/h5-14,20H,15-16H2,1-4H3,(H,33,37)(H,34,36)/t20-/m0/s1. The molecule has 2 aromatic carbocycles. The van der Waals surface area contributed by atoms with Crippen LogP contribution in [0.4, 0.5) is 29.3 Å². The smallest absolute Gasteiger partial charge is 0.416 e. The van der Waals surface area contributed by atoms with Crippen molar-refractivity contribution in [3.63, 3.8) is 0 Å². The number of fused-ring (bicyclic) bond motifs is 1. The van der Waals surface area contributed by atoms with Gasteiger partial charge in [0.1, 0.15) is 17.5 Å². The molecule has 242 valence electrons. The van der Waals surface area contributed by atoms with E-state index in [1.165, 1.54) is 30.3 Å². The van der Waals surface area contributed by atoms with Gasteiger partial charge in [0, 0.05) is 11.4 Å². The maximum absolute atomic E-state index is 13.8. The molecule has 1 aromatic heterocycles. The molecule has 3 aromatic rings. The van der Waals surface area contributed by atoms with Crippen molar-refractivity contribution in [1.82, 2.24) is 9.71 Å². The molecule has 45 heavy (non-hydrogen) atoms. The second-order valence-corrected chi connectivity index (χ2v) is 14.5. The summed E-state index contributed by atoms with van der Waals surface area (Å²) >= 11 is 0. The van der Waals surface area contributed by atoms with Gasteiger partial charge in [-0.05, 0) is 76.2 Å². The molecular formula is C28H29F3N4O8S2. The van der Waals surface area contributed by atoms with Crippen LogP contribution in [0.5, 0.6) is 5.75 Å². The van der Waals surface area contributed by atoms with Gasteiger partial charge in [-0.1, -0.05) is 12.1 Å². The van der Waals surface area contributed by atoms with E-state index in [2.05, 4.69) is 10.3 Å². The van der Waals surface area contributed by atoms with E-state index in [0.717, 1.165) is 16.4 Å².